The maximum absolute atomic E-state index is 12.4. The van der Waals surface area contributed by atoms with Gasteiger partial charge >= 0.3 is 5.69 Å². The fourth-order valence-corrected chi connectivity index (χ4v) is 2.53. The molecule has 21 heavy (non-hydrogen) atoms. The first kappa shape index (κ1) is 14.1. The van der Waals surface area contributed by atoms with Crippen molar-refractivity contribution in [3.63, 3.8) is 0 Å². The smallest absolute Gasteiger partial charge is 0.275 e. The molecule has 8 heteroatoms. The van der Waals surface area contributed by atoms with Gasteiger partial charge in [-0.25, -0.2) is 4.79 Å². The third kappa shape index (κ3) is 2.79. The summed E-state index contributed by atoms with van der Waals surface area (Å²) in [6, 6.07) is 9.12. The van der Waals surface area contributed by atoms with E-state index in [9.17, 15) is 4.79 Å². The number of nitrogens with zero attached hydrogens (tertiary/aromatic N) is 5. The third-order valence-electron chi connectivity index (χ3n) is 2.99. The Morgan fingerprint density at radius 3 is 2.81 bits per heavy atom. The molecule has 108 valence electrons. The van der Waals surface area contributed by atoms with Crippen LogP contribution < -0.4 is 5.69 Å². The minimum Gasteiger partial charge on any atom is -0.275 e. The van der Waals surface area contributed by atoms with E-state index in [0.717, 1.165) is 4.47 Å². The van der Waals surface area contributed by atoms with E-state index in [2.05, 4.69) is 26.1 Å². The van der Waals surface area contributed by atoms with Crippen LogP contribution >= 0.6 is 27.5 Å². The summed E-state index contributed by atoms with van der Waals surface area (Å²) in [6.07, 6.45) is 1.49. The Kier molecular flexibility index (Phi) is 3.69. The second kappa shape index (κ2) is 5.50. The number of hydrogen-bond acceptors (Lipinski definition) is 3. The average Bonchev–Trinajstić information content (AvgIpc) is 2.94. The first-order valence-corrected chi connectivity index (χ1v) is 7.30. The molecule has 0 fully saturated rings. The van der Waals surface area contributed by atoms with E-state index in [-0.39, 0.29) is 5.69 Å². The molecule has 1 aromatic carbocycles. The van der Waals surface area contributed by atoms with Gasteiger partial charge in [-0.2, -0.15) is 14.9 Å². The summed E-state index contributed by atoms with van der Waals surface area (Å²) in [5, 5.41) is 8.88. The fourth-order valence-electron chi connectivity index (χ4n) is 1.98. The zero-order valence-electron chi connectivity index (χ0n) is 11.1. The summed E-state index contributed by atoms with van der Waals surface area (Å²) in [5.74, 6) is 0. The molecule has 0 bridgehead atoms. The van der Waals surface area contributed by atoms with Crippen LogP contribution in [-0.2, 0) is 13.6 Å². The summed E-state index contributed by atoms with van der Waals surface area (Å²) in [5.41, 5.74) is 1.18. The molecule has 0 aliphatic heterocycles. The first-order valence-electron chi connectivity index (χ1n) is 6.13. The van der Waals surface area contributed by atoms with Crippen LogP contribution in [0.2, 0.25) is 5.15 Å². The molecular weight excluding hydrogens is 358 g/mol. The van der Waals surface area contributed by atoms with Crippen molar-refractivity contribution in [2.45, 2.75) is 6.54 Å². The molecule has 0 N–H and O–H groups in total. The summed E-state index contributed by atoms with van der Waals surface area (Å²) >= 11 is 9.32. The lowest BCUT2D eigenvalue weighted by Gasteiger charge is -2.00. The van der Waals surface area contributed by atoms with E-state index in [1.807, 2.05) is 24.3 Å². The van der Waals surface area contributed by atoms with Crippen LogP contribution in [0.4, 0.5) is 0 Å². The third-order valence-corrected chi connectivity index (χ3v) is 3.84. The van der Waals surface area contributed by atoms with Crippen LogP contribution in [0.3, 0.4) is 0 Å². The average molecular weight is 369 g/mol. The Hall–Kier alpha value is -1.86. The van der Waals surface area contributed by atoms with Crippen LogP contribution in [0, 0.1) is 0 Å². The van der Waals surface area contributed by atoms with Crippen molar-refractivity contribution >= 4 is 27.5 Å². The van der Waals surface area contributed by atoms with Crippen LogP contribution in [-0.4, -0.2) is 24.1 Å². The summed E-state index contributed by atoms with van der Waals surface area (Å²) in [7, 11) is 1.75. The van der Waals surface area contributed by atoms with Crippen molar-refractivity contribution in [3.05, 3.63) is 62.5 Å². The zero-order valence-corrected chi connectivity index (χ0v) is 13.4. The summed E-state index contributed by atoms with van der Waals surface area (Å²) in [4.78, 5) is 12.4. The topological polar surface area (TPSA) is 57.6 Å². The molecule has 6 nitrogen and oxygen atoms in total. The molecule has 0 amide bonds. The van der Waals surface area contributed by atoms with Crippen LogP contribution in [0.15, 0.2) is 45.9 Å². The number of aryl methyl sites for hydroxylation is 1. The predicted octanol–water partition coefficient (Wildman–Crippen LogP) is 2.23. The molecule has 3 rings (SSSR count). The molecule has 0 radical (unpaired) electrons. The van der Waals surface area contributed by atoms with Crippen molar-refractivity contribution in [1.29, 1.82) is 0 Å². The molecule has 0 saturated heterocycles. The number of hydrogen-bond donors (Lipinski definition) is 0. The predicted molar refractivity (Wildman–Crippen MR) is 82.8 cm³/mol. The second-order valence-corrected chi connectivity index (χ2v) is 5.82. The largest absolute Gasteiger partial charge is 0.350 e. The molecule has 0 aliphatic carbocycles. The van der Waals surface area contributed by atoms with Crippen LogP contribution in [0.1, 0.15) is 5.69 Å². The van der Waals surface area contributed by atoms with Gasteiger partial charge in [0.15, 0.2) is 0 Å². The van der Waals surface area contributed by atoms with Crippen molar-refractivity contribution in [2.75, 3.05) is 0 Å². The Bertz CT molecular complexity index is 831. The molecule has 3 aromatic rings. The Morgan fingerprint density at radius 1 is 1.33 bits per heavy atom. The molecule has 0 atom stereocenters. The van der Waals surface area contributed by atoms with Crippen molar-refractivity contribution in [1.82, 2.24) is 24.1 Å². The van der Waals surface area contributed by atoms with E-state index in [0.29, 0.717) is 23.1 Å². The fraction of sp³-hybridized carbons (Fsp3) is 0.154. The van der Waals surface area contributed by atoms with Gasteiger partial charge in [0.25, 0.3) is 0 Å². The highest BCUT2D eigenvalue weighted by atomic mass is 79.9. The number of rotatable bonds is 3. The van der Waals surface area contributed by atoms with E-state index in [1.54, 1.807) is 17.8 Å². The van der Waals surface area contributed by atoms with Crippen LogP contribution in [0.5, 0.6) is 0 Å². The van der Waals surface area contributed by atoms with Gasteiger partial charge in [-0.15, -0.1) is 0 Å². The lowest BCUT2D eigenvalue weighted by atomic mass is 10.3. The van der Waals surface area contributed by atoms with Gasteiger partial charge in [0.05, 0.1) is 17.9 Å². The van der Waals surface area contributed by atoms with Crippen molar-refractivity contribution in [2.24, 2.45) is 7.05 Å². The minimum atomic E-state index is -0.227. The number of aromatic nitrogens is 5. The van der Waals surface area contributed by atoms with Gasteiger partial charge < -0.3 is 0 Å². The van der Waals surface area contributed by atoms with Gasteiger partial charge in [0, 0.05) is 17.6 Å². The second-order valence-electron chi connectivity index (χ2n) is 4.52. The SMILES string of the molecule is Cn1nc(Cn2cnn(-c3cccc(Br)c3)c2=O)cc1Cl. The molecule has 0 saturated carbocycles. The van der Waals surface area contributed by atoms with E-state index < -0.39 is 0 Å². The van der Waals surface area contributed by atoms with Crippen molar-refractivity contribution in [3.8, 4) is 5.69 Å². The maximum atomic E-state index is 12.4. The molecule has 0 aliphatic rings. The molecule has 2 aromatic heterocycles. The Balaban J connectivity index is 1.94. The number of benzene rings is 1. The highest BCUT2D eigenvalue weighted by Gasteiger charge is 2.10. The molecular formula is C13H11BrClN5O. The minimum absolute atomic E-state index is 0.227. The summed E-state index contributed by atoms with van der Waals surface area (Å²) < 4.78 is 5.27. The van der Waals surface area contributed by atoms with Gasteiger partial charge in [-0.1, -0.05) is 33.6 Å². The lowest BCUT2D eigenvalue weighted by molar-refractivity contribution is 0.685. The van der Waals surface area contributed by atoms with E-state index in [1.165, 1.54) is 15.6 Å². The highest BCUT2D eigenvalue weighted by molar-refractivity contribution is 9.10. The molecule has 2 heterocycles. The van der Waals surface area contributed by atoms with E-state index >= 15 is 0 Å². The maximum Gasteiger partial charge on any atom is 0.350 e. The first-order chi connectivity index (χ1) is 10.0. The standard InChI is InChI=1S/C13H11BrClN5O/c1-18-12(15)6-10(17-18)7-19-8-16-20(13(19)21)11-4-2-3-9(14)5-11/h2-6,8H,7H2,1H3. The van der Waals surface area contributed by atoms with Gasteiger partial charge in [0.1, 0.15) is 11.5 Å². The van der Waals surface area contributed by atoms with Gasteiger partial charge in [-0.05, 0) is 18.2 Å². The Morgan fingerprint density at radius 2 is 2.14 bits per heavy atom. The summed E-state index contributed by atoms with van der Waals surface area (Å²) in [6.45, 7) is 0.327. The Labute approximate surface area is 133 Å². The highest BCUT2D eigenvalue weighted by Crippen LogP contribution is 2.13. The number of halogens is 2. The monoisotopic (exact) mass is 367 g/mol. The van der Waals surface area contributed by atoms with E-state index in [4.69, 9.17) is 11.6 Å². The zero-order chi connectivity index (χ0) is 15.0. The normalized spacial score (nSPS) is 11.0. The lowest BCUT2D eigenvalue weighted by Crippen LogP contribution is -2.24. The molecule has 0 unspecified atom stereocenters. The molecule has 0 spiro atoms. The van der Waals surface area contributed by atoms with Gasteiger partial charge in [-0.3, -0.25) is 9.25 Å². The quantitative estimate of drug-likeness (QED) is 0.712. The van der Waals surface area contributed by atoms with Crippen LogP contribution in [0.25, 0.3) is 5.69 Å². The van der Waals surface area contributed by atoms with Crippen molar-refractivity contribution < 1.29 is 0 Å². The van der Waals surface area contributed by atoms with Gasteiger partial charge in [0.2, 0.25) is 0 Å².